The van der Waals surface area contributed by atoms with Crippen molar-refractivity contribution in [1.29, 1.82) is 0 Å². The summed E-state index contributed by atoms with van der Waals surface area (Å²) >= 11 is 0. The molecule has 1 aliphatic heterocycles. The summed E-state index contributed by atoms with van der Waals surface area (Å²) in [5.74, 6) is 1.65. The molecule has 0 bridgehead atoms. The van der Waals surface area contributed by atoms with E-state index in [1.54, 1.807) is 16.2 Å². The lowest BCUT2D eigenvalue weighted by Gasteiger charge is -2.16. The van der Waals surface area contributed by atoms with Gasteiger partial charge in [-0.25, -0.2) is 9.08 Å². The summed E-state index contributed by atoms with van der Waals surface area (Å²) in [5, 5.41) is 20.9. The van der Waals surface area contributed by atoms with Gasteiger partial charge in [-0.1, -0.05) is 67.0 Å². The van der Waals surface area contributed by atoms with Crippen LogP contribution in [0.5, 0.6) is 5.75 Å². The van der Waals surface area contributed by atoms with Gasteiger partial charge in [0.2, 0.25) is 5.78 Å². The Morgan fingerprint density at radius 3 is 2.45 bits per heavy atom. The van der Waals surface area contributed by atoms with Crippen molar-refractivity contribution in [2.45, 2.75) is 32.6 Å². The smallest absolute Gasteiger partial charge is 0.304 e. The van der Waals surface area contributed by atoms with Crippen molar-refractivity contribution in [3.63, 3.8) is 0 Å². The van der Waals surface area contributed by atoms with Crippen LogP contribution in [0.3, 0.4) is 0 Å². The molecule has 1 atom stereocenters. The number of nitrogens with zero attached hydrogens (tertiary/aromatic N) is 5. The molecule has 40 heavy (non-hydrogen) atoms. The third-order valence-electron chi connectivity index (χ3n) is 6.94. The number of amidine groups is 1. The molecule has 1 unspecified atom stereocenters. The molecule has 3 aromatic carbocycles. The van der Waals surface area contributed by atoms with Crippen LogP contribution in [0, 0.1) is 0 Å². The topological polar surface area (TPSA) is 115 Å². The second-order valence-electron chi connectivity index (χ2n) is 9.45. The van der Waals surface area contributed by atoms with Gasteiger partial charge in [0.25, 0.3) is 5.56 Å². The molecule has 5 aromatic rings. The first-order chi connectivity index (χ1) is 19.6. The van der Waals surface area contributed by atoms with Crippen molar-refractivity contribution in [3.05, 3.63) is 112 Å². The highest BCUT2D eigenvalue weighted by Crippen LogP contribution is 2.26. The number of aromatic nitrogens is 4. The highest BCUT2D eigenvalue weighted by Gasteiger charge is 2.22. The Bertz CT molecular complexity index is 1760. The molecule has 0 saturated carbocycles. The molecular formula is C30H28N6O4. The number of fused-ring (bicyclic) bond motifs is 1. The fourth-order valence-corrected chi connectivity index (χ4v) is 5.04. The van der Waals surface area contributed by atoms with Gasteiger partial charge in [0, 0.05) is 17.5 Å². The van der Waals surface area contributed by atoms with Crippen molar-refractivity contribution >= 4 is 11.6 Å². The first-order valence-corrected chi connectivity index (χ1v) is 13.1. The molecule has 6 rings (SSSR count). The van der Waals surface area contributed by atoms with Crippen molar-refractivity contribution < 1.29 is 14.7 Å². The van der Waals surface area contributed by atoms with Gasteiger partial charge in [-0.3, -0.25) is 4.79 Å². The molecule has 10 heteroatoms. The molecule has 2 N–H and O–H groups in total. The molecule has 0 radical (unpaired) electrons. The van der Waals surface area contributed by atoms with Gasteiger partial charge < -0.3 is 20.0 Å². The van der Waals surface area contributed by atoms with Gasteiger partial charge in [-0.15, -0.1) is 0 Å². The third-order valence-corrected chi connectivity index (χ3v) is 6.94. The number of aliphatic hydroxyl groups excluding tert-OH is 1. The highest BCUT2D eigenvalue weighted by atomic mass is 16.7. The highest BCUT2D eigenvalue weighted by molar-refractivity contribution is 6.04. The minimum Gasteiger partial charge on any atom is -0.497 e. The lowest BCUT2D eigenvalue weighted by atomic mass is 9.96. The second-order valence-corrected chi connectivity index (χ2v) is 9.45. The van der Waals surface area contributed by atoms with Crippen LogP contribution in [0.2, 0.25) is 0 Å². The number of oxime groups is 1. The third kappa shape index (κ3) is 4.58. The SMILES string of the molecule is CCCc1c(Cc2ccc(-c3ccccc3C3=NOC(O)N3)cc2)c(=O)n(-c2ccc(OC)cc2)c2ncnn12. The number of hydrogen-bond acceptors (Lipinski definition) is 8. The van der Waals surface area contributed by atoms with Crippen LogP contribution in [0.15, 0.2) is 89.1 Å². The Labute approximate surface area is 230 Å². The van der Waals surface area contributed by atoms with Crippen LogP contribution in [0.1, 0.15) is 35.7 Å². The van der Waals surface area contributed by atoms with E-state index >= 15 is 0 Å². The van der Waals surface area contributed by atoms with Gasteiger partial charge >= 0.3 is 6.41 Å². The van der Waals surface area contributed by atoms with E-state index in [-0.39, 0.29) is 5.56 Å². The maximum atomic E-state index is 14.0. The summed E-state index contributed by atoms with van der Waals surface area (Å²) in [7, 11) is 1.61. The van der Waals surface area contributed by atoms with E-state index in [9.17, 15) is 9.90 Å². The first kappa shape index (κ1) is 25.3. The Hall–Kier alpha value is -4.96. The van der Waals surface area contributed by atoms with Crippen molar-refractivity contribution in [1.82, 2.24) is 24.5 Å². The summed E-state index contributed by atoms with van der Waals surface area (Å²) in [6.45, 7) is 2.08. The van der Waals surface area contributed by atoms with Crippen molar-refractivity contribution in [3.8, 4) is 22.6 Å². The Morgan fingerprint density at radius 1 is 1.02 bits per heavy atom. The summed E-state index contributed by atoms with van der Waals surface area (Å²) in [6, 6.07) is 23.2. The van der Waals surface area contributed by atoms with Crippen LogP contribution in [0.4, 0.5) is 0 Å². The van der Waals surface area contributed by atoms with Crippen LogP contribution >= 0.6 is 0 Å². The summed E-state index contributed by atoms with van der Waals surface area (Å²) < 4.78 is 8.68. The summed E-state index contributed by atoms with van der Waals surface area (Å²) in [6.07, 6.45) is 2.32. The number of nitrogens with one attached hydrogen (secondary N) is 1. The van der Waals surface area contributed by atoms with Crippen LogP contribution in [0.25, 0.3) is 22.6 Å². The number of hydrogen-bond donors (Lipinski definition) is 2. The lowest BCUT2D eigenvalue weighted by molar-refractivity contribution is -0.0896. The number of rotatable bonds is 8. The quantitative estimate of drug-likeness (QED) is 0.311. The van der Waals surface area contributed by atoms with Gasteiger partial charge in [-0.05, 0) is 47.4 Å². The molecule has 10 nitrogen and oxygen atoms in total. The predicted octanol–water partition coefficient (Wildman–Crippen LogP) is 3.66. The maximum Gasteiger partial charge on any atom is 0.304 e. The Kier molecular flexibility index (Phi) is 6.75. The van der Waals surface area contributed by atoms with Crippen LogP contribution in [-0.2, 0) is 17.7 Å². The normalized spacial score (nSPS) is 14.6. The summed E-state index contributed by atoms with van der Waals surface area (Å²) in [5.41, 5.74) is 5.84. The van der Waals surface area contributed by atoms with E-state index in [0.717, 1.165) is 34.4 Å². The van der Waals surface area contributed by atoms with Gasteiger partial charge in [0.05, 0.1) is 18.5 Å². The number of aliphatic hydroxyl groups is 1. The average molecular weight is 537 g/mol. The molecule has 0 aliphatic carbocycles. The van der Waals surface area contributed by atoms with Gasteiger partial charge in [-0.2, -0.15) is 10.1 Å². The molecule has 0 amide bonds. The fourth-order valence-electron chi connectivity index (χ4n) is 5.04. The zero-order chi connectivity index (χ0) is 27.6. The molecule has 0 fully saturated rings. The van der Waals surface area contributed by atoms with Crippen molar-refractivity contribution in [2.75, 3.05) is 7.11 Å². The zero-order valence-electron chi connectivity index (χ0n) is 22.1. The molecule has 3 heterocycles. The molecule has 0 saturated heterocycles. The first-order valence-electron chi connectivity index (χ1n) is 13.1. The average Bonchev–Trinajstić information content (AvgIpc) is 3.65. The number of methoxy groups -OCH3 is 1. The van der Waals surface area contributed by atoms with E-state index < -0.39 is 6.41 Å². The largest absolute Gasteiger partial charge is 0.497 e. The van der Waals surface area contributed by atoms with Crippen LogP contribution in [-0.4, -0.2) is 43.6 Å². The number of aryl methyl sites for hydroxylation is 1. The van der Waals surface area contributed by atoms with Gasteiger partial charge in [0.15, 0.2) is 5.84 Å². The summed E-state index contributed by atoms with van der Waals surface area (Å²) in [4.78, 5) is 23.4. The molecule has 0 spiro atoms. The minimum atomic E-state index is -1.16. The fraction of sp³-hybridized carbons (Fsp3) is 0.200. The van der Waals surface area contributed by atoms with E-state index in [4.69, 9.17) is 9.57 Å². The van der Waals surface area contributed by atoms with E-state index in [1.165, 1.54) is 6.33 Å². The Balaban J connectivity index is 1.40. The number of benzene rings is 3. The maximum absolute atomic E-state index is 14.0. The van der Waals surface area contributed by atoms with E-state index in [1.807, 2.05) is 72.8 Å². The molecule has 202 valence electrons. The molecule has 1 aliphatic rings. The monoisotopic (exact) mass is 536 g/mol. The lowest BCUT2D eigenvalue weighted by Crippen LogP contribution is -2.29. The predicted molar refractivity (Wildman–Crippen MR) is 151 cm³/mol. The Morgan fingerprint density at radius 2 is 1.77 bits per heavy atom. The number of ether oxygens (including phenoxy) is 1. The van der Waals surface area contributed by atoms with E-state index in [2.05, 4.69) is 27.5 Å². The van der Waals surface area contributed by atoms with Gasteiger partial charge in [0.1, 0.15) is 12.1 Å². The van der Waals surface area contributed by atoms with E-state index in [0.29, 0.717) is 41.5 Å². The zero-order valence-corrected chi connectivity index (χ0v) is 22.1. The van der Waals surface area contributed by atoms with Crippen LogP contribution < -0.4 is 15.6 Å². The second kappa shape index (κ2) is 10.7. The minimum absolute atomic E-state index is 0.118. The van der Waals surface area contributed by atoms with Crippen molar-refractivity contribution in [2.24, 2.45) is 5.16 Å². The standard InChI is InChI=1S/C30H28N6O4/c1-3-6-26-25(28(37)35(29-31-18-32-36(26)29)21-13-15-22(39-2)16-14-21)17-19-9-11-20(12-10-19)23-7-4-5-8-24(23)27-33-30(38)40-34-27/h4-5,7-16,18,30,38H,3,6,17H2,1-2H3,(H,33,34). The molecule has 2 aromatic heterocycles. The molecular weight excluding hydrogens is 508 g/mol.